The average Bonchev–Trinajstić information content (AvgIpc) is 3.17. The molecule has 1 N–H and O–H groups in total. The minimum atomic E-state index is -1.13. The molecule has 0 aromatic heterocycles. The molecule has 5 aliphatic carbocycles. The zero-order valence-electron chi connectivity index (χ0n) is 24.1. The van der Waals surface area contributed by atoms with Gasteiger partial charge in [-0.3, -0.25) is 4.79 Å². The number of allylic oxidation sites excluding steroid dienone is 2. The highest BCUT2D eigenvalue weighted by Crippen LogP contribution is 2.77. The summed E-state index contributed by atoms with van der Waals surface area (Å²) in [4.78, 5) is 24.7. The van der Waals surface area contributed by atoms with E-state index in [1.54, 1.807) is 11.1 Å². The molecule has 5 aliphatic rings. The Labute approximate surface area is 219 Å². The Balaban J connectivity index is 1.55. The lowest BCUT2D eigenvalue weighted by molar-refractivity contribution is -0.229. The van der Waals surface area contributed by atoms with Crippen LogP contribution in [0.4, 0.5) is 4.79 Å². The molecule has 0 unspecified atom stereocenters. The first-order chi connectivity index (χ1) is 16.6. The summed E-state index contributed by atoms with van der Waals surface area (Å²) in [6.45, 7) is 18.8. The third kappa shape index (κ3) is 3.17. The highest BCUT2D eigenvalue weighted by Gasteiger charge is 2.70. The van der Waals surface area contributed by atoms with Gasteiger partial charge in [0.2, 0.25) is 0 Å². The molecule has 4 saturated carbocycles. The Morgan fingerprint density at radius 1 is 0.861 bits per heavy atom. The van der Waals surface area contributed by atoms with Crippen LogP contribution in [0.25, 0.3) is 0 Å². The number of fused-ring (bicyclic) bond motifs is 7. The molecule has 4 fully saturated rings. The van der Waals surface area contributed by atoms with Crippen LogP contribution in [-0.4, -0.2) is 23.1 Å². The van der Waals surface area contributed by atoms with Crippen molar-refractivity contribution >= 4 is 11.9 Å². The molecule has 0 amide bonds. The Kier molecular flexibility index (Phi) is 5.91. The molecule has 4 heteroatoms. The molecule has 5 rings (SSSR count). The van der Waals surface area contributed by atoms with Gasteiger partial charge in [0.25, 0.3) is 0 Å². The van der Waals surface area contributed by atoms with Gasteiger partial charge in [0.15, 0.2) is 0 Å². The summed E-state index contributed by atoms with van der Waals surface area (Å²) in [7, 11) is 0. The predicted octanol–water partition coefficient (Wildman–Crippen LogP) is 8.44. The van der Waals surface area contributed by atoms with Gasteiger partial charge in [0.05, 0.1) is 5.41 Å². The van der Waals surface area contributed by atoms with E-state index in [2.05, 4.69) is 48.5 Å². The third-order valence-electron chi connectivity index (χ3n) is 13.5. The van der Waals surface area contributed by atoms with Gasteiger partial charge in [0.1, 0.15) is 11.9 Å². The molecular weight excluding hydrogens is 448 g/mol. The van der Waals surface area contributed by atoms with Gasteiger partial charge in [0, 0.05) is 5.41 Å². The van der Waals surface area contributed by atoms with Gasteiger partial charge in [-0.2, -0.15) is 0 Å². The molecule has 0 aromatic carbocycles. The van der Waals surface area contributed by atoms with Crippen LogP contribution in [0.5, 0.6) is 0 Å². The third-order valence-corrected chi connectivity index (χ3v) is 13.5. The maximum absolute atomic E-state index is 13.2. The summed E-state index contributed by atoms with van der Waals surface area (Å²) in [5.74, 6) is 2.56. The van der Waals surface area contributed by atoms with E-state index in [-0.39, 0.29) is 33.2 Å². The zero-order valence-corrected chi connectivity index (χ0v) is 24.1. The summed E-state index contributed by atoms with van der Waals surface area (Å²) in [5.41, 5.74) is 3.49. The van der Waals surface area contributed by atoms with E-state index in [0.717, 1.165) is 44.9 Å². The van der Waals surface area contributed by atoms with Gasteiger partial charge >= 0.3 is 6.16 Å². The van der Waals surface area contributed by atoms with Crippen LogP contribution >= 0.6 is 0 Å². The Bertz CT molecular complexity index is 992. The van der Waals surface area contributed by atoms with Gasteiger partial charge in [-0.05, 0) is 111 Å². The van der Waals surface area contributed by atoms with Crippen LogP contribution in [0.3, 0.4) is 0 Å². The number of ketones is 1. The number of rotatable bonds is 3. The molecule has 4 nitrogen and oxygen atoms in total. The van der Waals surface area contributed by atoms with Crippen molar-refractivity contribution in [1.29, 1.82) is 0 Å². The SMILES string of the molecule is CC(=O)[C@]12CCC(C(C)C)=C1[C@H]1CC[C@@H]3[C@@]4(C)CC[C@H](OC(=O)O)C(C)(C)[C@@H]4CC[C@@]3(C)[C@]1(C)CC2. The van der Waals surface area contributed by atoms with Crippen molar-refractivity contribution in [3.8, 4) is 0 Å². The van der Waals surface area contributed by atoms with Crippen molar-refractivity contribution in [2.45, 2.75) is 126 Å². The van der Waals surface area contributed by atoms with Crippen LogP contribution in [0, 0.1) is 50.7 Å². The topological polar surface area (TPSA) is 63.6 Å². The molecule has 0 spiro atoms. The van der Waals surface area contributed by atoms with Crippen molar-refractivity contribution in [3.63, 3.8) is 0 Å². The second kappa shape index (κ2) is 8.09. The summed E-state index contributed by atoms with van der Waals surface area (Å²) < 4.78 is 5.46. The highest BCUT2D eigenvalue weighted by atomic mass is 16.7. The molecule has 8 atom stereocenters. The molecule has 202 valence electrons. The Morgan fingerprint density at radius 2 is 1.56 bits per heavy atom. The standard InChI is InChI=1S/C32H50O4/c1-19(2)21-11-16-32(20(3)33)18-17-30(7)22(26(21)32)9-10-24-29(6)14-13-25(36-27(34)35)28(4,5)23(29)12-15-31(24,30)8/h19,22-25H,9-18H2,1-8H3,(H,34,35)/t22-,23+,24-,25+,29+,30-,31-,32-/m1/s1. The molecule has 0 bridgehead atoms. The fraction of sp³-hybridized carbons (Fsp3) is 0.875. The van der Waals surface area contributed by atoms with Gasteiger partial charge in [-0.15, -0.1) is 0 Å². The monoisotopic (exact) mass is 498 g/mol. The van der Waals surface area contributed by atoms with E-state index in [1.165, 1.54) is 19.3 Å². The van der Waals surface area contributed by atoms with Crippen LogP contribution in [0.2, 0.25) is 0 Å². The maximum atomic E-state index is 13.2. The van der Waals surface area contributed by atoms with E-state index in [0.29, 0.717) is 29.5 Å². The predicted molar refractivity (Wildman–Crippen MR) is 143 cm³/mol. The summed E-state index contributed by atoms with van der Waals surface area (Å²) in [5, 5.41) is 9.39. The molecule has 0 aromatic rings. The molecule has 0 heterocycles. The molecule has 0 radical (unpaired) electrons. The number of ether oxygens (including phenoxy) is 1. The Morgan fingerprint density at radius 3 is 2.17 bits per heavy atom. The maximum Gasteiger partial charge on any atom is 0.506 e. The molecular formula is C32H50O4. The second-order valence-electron chi connectivity index (χ2n) is 15.1. The number of hydrogen-bond acceptors (Lipinski definition) is 3. The molecule has 36 heavy (non-hydrogen) atoms. The first-order valence-electron chi connectivity index (χ1n) is 14.8. The lowest BCUT2D eigenvalue weighted by Gasteiger charge is -2.72. The van der Waals surface area contributed by atoms with Crippen molar-refractivity contribution < 1.29 is 19.4 Å². The van der Waals surface area contributed by atoms with E-state index >= 15 is 0 Å². The summed E-state index contributed by atoms with van der Waals surface area (Å²) in [6.07, 6.45) is 9.65. The number of hydrogen-bond donors (Lipinski definition) is 1. The van der Waals surface area contributed by atoms with E-state index in [4.69, 9.17) is 4.74 Å². The number of carboxylic acid groups (broad SMARTS) is 1. The van der Waals surface area contributed by atoms with Crippen molar-refractivity contribution in [1.82, 2.24) is 0 Å². The first kappa shape index (κ1) is 26.3. The lowest BCUT2D eigenvalue weighted by Crippen LogP contribution is -2.66. The second-order valence-corrected chi connectivity index (χ2v) is 15.1. The highest BCUT2D eigenvalue weighted by molar-refractivity contribution is 5.87. The van der Waals surface area contributed by atoms with Gasteiger partial charge in [-0.1, -0.05) is 59.6 Å². The number of carbonyl (C=O) groups is 2. The minimum absolute atomic E-state index is 0.153. The van der Waals surface area contributed by atoms with Crippen LogP contribution < -0.4 is 0 Å². The first-order valence-corrected chi connectivity index (χ1v) is 14.8. The van der Waals surface area contributed by atoms with E-state index in [1.807, 2.05) is 6.92 Å². The van der Waals surface area contributed by atoms with E-state index < -0.39 is 6.16 Å². The average molecular weight is 499 g/mol. The minimum Gasteiger partial charge on any atom is -0.450 e. The van der Waals surface area contributed by atoms with Gasteiger partial charge in [-0.25, -0.2) is 4.79 Å². The Hall–Kier alpha value is -1.32. The van der Waals surface area contributed by atoms with Crippen molar-refractivity contribution in [3.05, 3.63) is 11.1 Å². The zero-order chi connectivity index (χ0) is 26.5. The van der Waals surface area contributed by atoms with E-state index in [9.17, 15) is 14.7 Å². The largest absolute Gasteiger partial charge is 0.506 e. The van der Waals surface area contributed by atoms with Crippen molar-refractivity contribution in [2.24, 2.45) is 50.7 Å². The summed E-state index contributed by atoms with van der Waals surface area (Å²) >= 11 is 0. The van der Waals surface area contributed by atoms with Crippen molar-refractivity contribution in [2.75, 3.05) is 0 Å². The lowest BCUT2D eigenvalue weighted by atomic mass is 9.33. The molecule has 0 aliphatic heterocycles. The van der Waals surface area contributed by atoms with Gasteiger partial charge < -0.3 is 9.84 Å². The summed E-state index contributed by atoms with van der Waals surface area (Å²) in [6, 6.07) is 0. The normalized spacial score (nSPS) is 47.5. The van der Waals surface area contributed by atoms with Crippen LogP contribution in [0.15, 0.2) is 11.1 Å². The fourth-order valence-corrected chi connectivity index (χ4v) is 11.5. The quantitative estimate of drug-likeness (QED) is 0.313. The van der Waals surface area contributed by atoms with Crippen LogP contribution in [0.1, 0.15) is 120 Å². The van der Waals surface area contributed by atoms with Crippen LogP contribution in [-0.2, 0) is 9.53 Å². The fourth-order valence-electron chi connectivity index (χ4n) is 11.5. The smallest absolute Gasteiger partial charge is 0.450 e. The number of Topliss-reactive ketones (excluding diaryl/α,β-unsaturated/α-hetero) is 1. The molecule has 0 saturated heterocycles. The number of carbonyl (C=O) groups excluding carboxylic acids is 1.